The van der Waals surface area contributed by atoms with Crippen LogP contribution in [-0.2, 0) is 0 Å². The molecule has 2 aromatic heterocycles. The van der Waals surface area contributed by atoms with Gasteiger partial charge in [0.15, 0.2) is 0 Å². The van der Waals surface area contributed by atoms with Crippen molar-refractivity contribution in [3.05, 3.63) is 163 Å². The third kappa shape index (κ3) is 4.72. The van der Waals surface area contributed by atoms with E-state index in [0.29, 0.717) is 11.5 Å². The Labute approximate surface area is 266 Å². The molecule has 4 heteroatoms. The number of benzene rings is 6. The topological polar surface area (TPSA) is 53.9 Å². The summed E-state index contributed by atoms with van der Waals surface area (Å²) < 4.78 is 0. The minimum absolute atomic E-state index is 0.390. The fourth-order valence-corrected chi connectivity index (χ4v) is 6.40. The maximum absolute atomic E-state index is 9.36. The zero-order chi connectivity index (χ0) is 31.0. The van der Waals surface area contributed by atoms with Crippen LogP contribution in [0, 0.1) is 17.9 Å². The van der Waals surface area contributed by atoms with Crippen LogP contribution >= 0.6 is 0 Å². The summed E-state index contributed by atoms with van der Waals surface area (Å²) in [7, 11) is 0. The summed E-state index contributed by atoms with van der Waals surface area (Å²) in [6, 6.07) is 48.7. The lowest BCUT2D eigenvalue weighted by atomic mass is 9.89. The van der Waals surface area contributed by atoms with Gasteiger partial charge in [-0.05, 0) is 125 Å². The molecule has 4 nitrogen and oxygen atoms in total. The van der Waals surface area contributed by atoms with E-state index in [4.69, 9.17) is 6.57 Å². The van der Waals surface area contributed by atoms with Gasteiger partial charge in [0.25, 0.3) is 5.82 Å². The molecule has 0 bridgehead atoms. The van der Waals surface area contributed by atoms with Gasteiger partial charge < -0.3 is 4.85 Å². The molecule has 2 heterocycles. The number of nitriles is 1. The van der Waals surface area contributed by atoms with Crippen LogP contribution in [0.15, 0.2) is 146 Å². The molecule has 0 fully saturated rings. The van der Waals surface area contributed by atoms with E-state index in [1.54, 1.807) is 12.4 Å². The van der Waals surface area contributed by atoms with Crippen LogP contribution in [0.2, 0.25) is 0 Å². The lowest BCUT2D eigenvalue weighted by Crippen LogP contribution is -1.88. The molecule has 0 N–H and O–H groups in total. The maximum atomic E-state index is 9.36. The second-order valence-electron chi connectivity index (χ2n) is 11.3. The Hall–Kier alpha value is -6.62. The van der Waals surface area contributed by atoms with Crippen molar-refractivity contribution in [2.45, 2.75) is 0 Å². The van der Waals surface area contributed by atoms with Crippen molar-refractivity contribution in [1.82, 2.24) is 9.97 Å². The average Bonchev–Trinajstić information content (AvgIpc) is 3.14. The highest BCUT2D eigenvalue weighted by Crippen LogP contribution is 2.40. The highest BCUT2D eigenvalue weighted by molar-refractivity contribution is 6.26. The van der Waals surface area contributed by atoms with Crippen molar-refractivity contribution in [3.8, 4) is 50.6 Å². The van der Waals surface area contributed by atoms with E-state index in [1.165, 1.54) is 32.3 Å². The first-order valence-corrected chi connectivity index (χ1v) is 15.0. The molecule has 0 radical (unpaired) electrons. The van der Waals surface area contributed by atoms with Crippen molar-refractivity contribution in [3.63, 3.8) is 0 Å². The van der Waals surface area contributed by atoms with Crippen LogP contribution < -0.4 is 0 Å². The van der Waals surface area contributed by atoms with Gasteiger partial charge in [-0.1, -0.05) is 91.5 Å². The fraction of sp³-hybridized carbons (Fsp3) is 0. The van der Waals surface area contributed by atoms with Crippen LogP contribution in [0.5, 0.6) is 0 Å². The van der Waals surface area contributed by atoms with Crippen molar-refractivity contribution >= 4 is 38.1 Å². The molecule has 0 atom stereocenters. The Morgan fingerprint density at radius 3 is 1.41 bits per heavy atom. The molecule has 8 rings (SSSR count). The molecule has 0 saturated carbocycles. The third-order valence-corrected chi connectivity index (χ3v) is 8.63. The van der Waals surface area contributed by atoms with E-state index >= 15 is 0 Å². The van der Waals surface area contributed by atoms with E-state index in [-0.39, 0.29) is 0 Å². The average molecular weight is 585 g/mol. The van der Waals surface area contributed by atoms with Crippen molar-refractivity contribution in [2.24, 2.45) is 0 Å². The number of hydrogen-bond donors (Lipinski definition) is 0. The van der Waals surface area contributed by atoms with Crippen molar-refractivity contribution in [1.29, 1.82) is 5.26 Å². The van der Waals surface area contributed by atoms with Gasteiger partial charge in [-0.2, -0.15) is 5.26 Å². The highest BCUT2D eigenvalue weighted by atomic mass is 14.8. The summed E-state index contributed by atoms with van der Waals surface area (Å²) in [5.74, 6) is 0.390. The van der Waals surface area contributed by atoms with Gasteiger partial charge in [-0.3, -0.25) is 0 Å². The number of nitrogens with zero attached hydrogens (tertiary/aromatic N) is 4. The first kappa shape index (κ1) is 27.0. The Morgan fingerprint density at radius 2 is 0.891 bits per heavy atom. The molecule has 0 unspecified atom stereocenters. The molecule has 0 spiro atoms. The maximum Gasteiger partial charge on any atom is 0.270 e. The van der Waals surface area contributed by atoms with Gasteiger partial charge in [0.05, 0.1) is 0 Å². The fourth-order valence-electron chi connectivity index (χ4n) is 6.40. The summed E-state index contributed by atoms with van der Waals surface area (Å²) in [5.41, 5.74) is 8.91. The molecular weight excluding hydrogens is 560 g/mol. The first-order chi connectivity index (χ1) is 22.7. The Bertz CT molecular complexity index is 2390. The Morgan fingerprint density at radius 1 is 0.435 bits per heavy atom. The van der Waals surface area contributed by atoms with Crippen LogP contribution in [0.4, 0.5) is 5.82 Å². The Balaban J connectivity index is 1.30. The summed E-state index contributed by atoms with van der Waals surface area (Å²) in [5, 5.41) is 16.6. The van der Waals surface area contributed by atoms with Crippen LogP contribution in [0.3, 0.4) is 0 Å². The zero-order valence-corrected chi connectivity index (χ0v) is 24.6. The monoisotopic (exact) mass is 584 g/mol. The van der Waals surface area contributed by atoms with Crippen LogP contribution in [0.1, 0.15) is 5.69 Å². The summed E-state index contributed by atoms with van der Waals surface area (Å²) in [6.45, 7) is 7.36. The molecule has 0 saturated heterocycles. The summed E-state index contributed by atoms with van der Waals surface area (Å²) in [4.78, 5) is 11.8. The van der Waals surface area contributed by atoms with E-state index < -0.39 is 0 Å². The molecule has 0 aliphatic rings. The molecule has 212 valence electrons. The second kappa shape index (κ2) is 11.1. The van der Waals surface area contributed by atoms with Crippen LogP contribution in [0.25, 0.3) is 81.7 Å². The number of fused-ring (bicyclic) bond motifs is 6. The lowest BCUT2D eigenvalue weighted by molar-refractivity contribution is 1.26. The van der Waals surface area contributed by atoms with Gasteiger partial charge in [0.1, 0.15) is 18.0 Å². The van der Waals surface area contributed by atoms with Gasteiger partial charge >= 0.3 is 0 Å². The van der Waals surface area contributed by atoms with Gasteiger partial charge in [-0.15, -0.1) is 4.98 Å². The lowest BCUT2D eigenvalue weighted by Gasteiger charge is -2.14. The third-order valence-electron chi connectivity index (χ3n) is 8.63. The highest BCUT2D eigenvalue weighted by Gasteiger charge is 2.13. The van der Waals surface area contributed by atoms with E-state index in [2.05, 4.69) is 130 Å². The number of aromatic nitrogens is 2. The van der Waals surface area contributed by atoms with E-state index in [1.807, 2.05) is 24.3 Å². The van der Waals surface area contributed by atoms with Gasteiger partial charge in [0.2, 0.25) is 0 Å². The molecule has 6 aromatic carbocycles. The zero-order valence-electron chi connectivity index (χ0n) is 24.6. The van der Waals surface area contributed by atoms with E-state index in [0.717, 1.165) is 44.5 Å². The van der Waals surface area contributed by atoms with Crippen molar-refractivity contribution < 1.29 is 0 Å². The minimum Gasteiger partial charge on any atom is -0.361 e. The first-order valence-electron chi connectivity index (χ1n) is 15.0. The molecule has 0 aliphatic heterocycles. The number of rotatable bonds is 4. The normalized spacial score (nSPS) is 11.0. The predicted octanol–water partition coefficient (Wildman–Crippen LogP) is 11.0. The standard InChI is InChI=1S/C42H24N4/c1-44-42-25-34(17-19-46-42)30-9-5-7-28(21-30)32-13-15-39-37-11-3-2-10-36(37)38-14-12-31(23-40(38)41(39)24-32)27-6-4-8-29(20-27)33-16-18-45-35(22-33)26-43/h2-25H. The smallest absolute Gasteiger partial charge is 0.270 e. The predicted molar refractivity (Wildman–Crippen MR) is 187 cm³/mol. The molecule has 0 aliphatic carbocycles. The van der Waals surface area contributed by atoms with Gasteiger partial charge in [-0.25, -0.2) is 4.98 Å². The Kier molecular flexibility index (Phi) is 6.53. The minimum atomic E-state index is 0.390. The molecule has 8 aromatic rings. The summed E-state index contributed by atoms with van der Waals surface area (Å²) >= 11 is 0. The number of hydrogen-bond acceptors (Lipinski definition) is 3. The molecule has 46 heavy (non-hydrogen) atoms. The second-order valence-corrected chi connectivity index (χ2v) is 11.3. The van der Waals surface area contributed by atoms with Crippen molar-refractivity contribution in [2.75, 3.05) is 0 Å². The largest absolute Gasteiger partial charge is 0.361 e. The van der Waals surface area contributed by atoms with E-state index in [9.17, 15) is 5.26 Å². The number of pyridine rings is 2. The van der Waals surface area contributed by atoms with Gasteiger partial charge in [0, 0.05) is 6.20 Å². The quantitative estimate of drug-likeness (QED) is 0.153. The summed E-state index contributed by atoms with van der Waals surface area (Å²) in [6.07, 6.45) is 3.37. The molecular formula is C42H24N4. The van der Waals surface area contributed by atoms with Crippen LogP contribution in [-0.4, -0.2) is 9.97 Å². The SMILES string of the molecule is [C-]#[N+]c1cc(-c2cccc(-c3ccc4c5ccccc5c5ccc(-c6cccc(-c7ccnc(C#N)c7)c6)cc5c4c3)c2)ccn1. The molecule has 0 amide bonds.